The topological polar surface area (TPSA) is 34.1 Å². The molecule has 0 spiro atoms. The summed E-state index contributed by atoms with van der Waals surface area (Å²) in [5.74, 6) is -1.86. The monoisotopic (exact) mass is 255 g/mol. The van der Waals surface area contributed by atoms with Gasteiger partial charge in [-0.05, 0) is 18.2 Å². The molecule has 0 saturated heterocycles. The van der Waals surface area contributed by atoms with E-state index in [1.165, 1.54) is 0 Å². The summed E-state index contributed by atoms with van der Waals surface area (Å²) in [6.45, 7) is 0. The number of rotatable bonds is 2. The van der Waals surface area contributed by atoms with E-state index in [9.17, 15) is 26.0 Å². The van der Waals surface area contributed by atoms with Crippen molar-refractivity contribution < 1.29 is 26.0 Å². The van der Waals surface area contributed by atoms with Crippen molar-refractivity contribution in [3.8, 4) is 0 Å². The third kappa shape index (κ3) is 3.48. The number of hydrogen-bond donors (Lipinski definition) is 0. The van der Waals surface area contributed by atoms with Crippen molar-refractivity contribution in [3.63, 3.8) is 0 Å². The van der Waals surface area contributed by atoms with Crippen LogP contribution in [0.25, 0.3) is 0 Å². The molecule has 0 aliphatic heterocycles. The van der Waals surface area contributed by atoms with Crippen LogP contribution in [0.4, 0.5) is 17.6 Å². The van der Waals surface area contributed by atoms with E-state index < -0.39 is 38.7 Å². The van der Waals surface area contributed by atoms with Crippen molar-refractivity contribution in [2.75, 3.05) is 0 Å². The fourth-order valence-corrected chi connectivity index (χ4v) is 1.79. The van der Waals surface area contributed by atoms with Gasteiger partial charge in [-0.3, -0.25) is 0 Å². The Kier molecular flexibility index (Phi) is 3.27. The summed E-state index contributed by atoms with van der Waals surface area (Å²) in [5.41, 5.74) is -1.63. The van der Waals surface area contributed by atoms with Gasteiger partial charge in [0.1, 0.15) is 5.82 Å². The van der Waals surface area contributed by atoms with Crippen LogP contribution in [0.2, 0.25) is 0 Å². The van der Waals surface area contributed by atoms with Gasteiger partial charge in [-0.15, -0.1) is 0 Å². The number of sulfone groups is 1. The van der Waals surface area contributed by atoms with Gasteiger partial charge in [0.15, 0.2) is 9.84 Å². The lowest BCUT2D eigenvalue weighted by molar-refractivity contribution is -0.137. The molecule has 2 nitrogen and oxygen atoms in total. The lowest BCUT2D eigenvalue weighted by Crippen LogP contribution is -2.08. The first-order chi connectivity index (χ1) is 7.09. The van der Waals surface area contributed by atoms with Crippen LogP contribution in [0.1, 0.15) is 11.1 Å². The second kappa shape index (κ2) is 4.04. The summed E-state index contributed by atoms with van der Waals surface area (Å²) in [4.78, 5) is 0. The molecule has 89 valence electrons. The van der Waals surface area contributed by atoms with Crippen molar-refractivity contribution in [2.45, 2.75) is 11.9 Å². The number of halogens is 4. The average molecular weight is 255 g/mol. The second-order valence-electron chi connectivity index (χ2n) is 3.19. The highest BCUT2D eigenvalue weighted by Gasteiger charge is 2.31. The summed E-state index contributed by atoms with van der Waals surface area (Å²) >= 11 is 0. The van der Waals surface area contributed by atoms with Gasteiger partial charge in [0.25, 0.3) is 0 Å². The van der Waals surface area contributed by atoms with Gasteiger partial charge < -0.3 is 0 Å². The minimum Gasteiger partial charge on any atom is -0.228 e. The van der Waals surface area contributed by atoms with Crippen LogP contribution in [0.3, 0.4) is 0 Å². The fraction of sp³-hybridized carbons (Fsp3) is 0.222. The zero-order chi connectivity index (χ0) is 12.6. The Hall–Kier alpha value is -1.11. The Bertz CT molecular complexity index is 491. The zero-order valence-corrected chi connectivity index (χ0v) is 8.70. The van der Waals surface area contributed by atoms with Crippen molar-refractivity contribution in [1.29, 1.82) is 0 Å². The second-order valence-corrected chi connectivity index (χ2v) is 4.97. The molecule has 1 rings (SSSR count). The Morgan fingerprint density at radius 1 is 1.25 bits per heavy atom. The molecule has 1 aromatic rings. The maximum Gasteiger partial charge on any atom is 0.416 e. The molecule has 7 heteroatoms. The molecule has 0 aliphatic carbocycles. The third-order valence-corrected chi connectivity index (χ3v) is 2.50. The maximum absolute atomic E-state index is 13.0. The fourth-order valence-electron chi connectivity index (χ4n) is 1.10. The Morgan fingerprint density at radius 2 is 1.81 bits per heavy atom. The molecule has 0 amide bonds. The molecule has 0 N–H and O–H groups in total. The molecule has 1 radical (unpaired) electrons. The van der Waals surface area contributed by atoms with E-state index >= 15 is 0 Å². The van der Waals surface area contributed by atoms with Crippen LogP contribution in [0, 0.1) is 12.1 Å². The van der Waals surface area contributed by atoms with Crippen LogP contribution in [-0.2, 0) is 21.8 Å². The molecular formula is C9H7F4O2S. The van der Waals surface area contributed by atoms with Gasteiger partial charge in [-0.2, -0.15) is 13.2 Å². The van der Waals surface area contributed by atoms with E-state index in [0.29, 0.717) is 18.2 Å². The highest BCUT2D eigenvalue weighted by atomic mass is 32.2. The quantitative estimate of drug-likeness (QED) is 0.761. The molecule has 0 fully saturated rings. The molecule has 0 atom stereocenters. The summed E-state index contributed by atoms with van der Waals surface area (Å²) in [7, 11) is -3.82. The van der Waals surface area contributed by atoms with Crippen LogP contribution in [-0.4, -0.2) is 8.42 Å². The zero-order valence-electron chi connectivity index (χ0n) is 7.88. The maximum atomic E-state index is 13.0. The first-order valence-electron chi connectivity index (χ1n) is 4.01. The highest BCUT2D eigenvalue weighted by molar-refractivity contribution is 7.91. The Balaban J connectivity index is 3.20. The van der Waals surface area contributed by atoms with Gasteiger partial charge in [0.05, 0.1) is 17.6 Å². The predicted octanol–water partition coefficient (Wildman–Crippen LogP) is 2.55. The molecule has 0 aromatic heterocycles. The summed E-state index contributed by atoms with van der Waals surface area (Å²) in [5, 5.41) is 0. The molecule has 0 heterocycles. The SMILES string of the molecule is [CH2]S(=O)(=O)Cc1cc(C(F)(F)F)ccc1F. The van der Waals surface area contributed by atoms with Crippen molar-refractivity contribution in [2.24, 2.45) is 0 Å². The van der Waals surface area contributed by atoms with Gasteiger partial charge in [-0.25, -0.2) is 12.8 Å². The smallest absolute Gasteiger partial charge is 0.228 e. The number of benzene rings is 1. The summed E-state index contributed by atoms with van der Waals surface area (Å²) < 4.78 is 71.3. The molecule has 0 unspecified atom stereocenters. The number of alkyl halides is 3. The highest BCUT2D eigenvalue weighted by Crippen LogP contribution is 2.30. The molecule has 1 aromatic carbocycles. The summed E-state index contributed by atoms with van der Waals surface area (Å²) in [6.07, 6.45) is -1.91. The van der Waals surface area contributed by atoms with E-state index in [1.54, 1.807) is 0 Å². The first kappa shape index (κ1) is 13.0. The summed E-state index contributed by atoms with van der Waals surface area (Å²) in [6, 6.07) is 1.61. The first-order valence-corrected chi connectivity index (χ1v) is 5.83. The molecule has 0 saturated carbocycles. The minimum absolute atomic E-state index is 0.470. The van der Waals surface area contributed by atoms with Crippen LogP contribution >= 0.6 is 0 Å². The van der Waals surface area contributed by atoms with Crippen LogP contribution in [0.5, 0.6) is 0 Å². The third-order valence-electron chi connectivity index (χ3n) is 1.75. The lowest BCUT2D eigenvalue weighted by Gasteiger charge is -2.09. The Labute approximate surface area is 89.8 Å². The normalized spacial score (nSPS) is 12.8. The van der Waals surface area contributed by atoms with E-state index in [-0.39, 0.29) is 0 Å². The van der Waals surface area contributed by atoms with Gasteiger partial charge in [0.2, 0.25) is 0 Å². The molecular weight excluding hydrogens is 248 g/mol. The van der Waals surface area contributed by atoms with E-state index in [2.05, 4.69) is 6.26 Å². The molecule has 16 heavy (non-hydrogen) atoms. The Morgan fingerprint density at radius 3 is 2.25 bits per heavy atom. The van der Waals surface area contributed by atoms with E-state index in [0.717, 1.165) is 0 Å². The predicted molar refractivity (Wildman–Crippen MR) is 49.4 cm³/mol. The van der Waals surface area contributed by atoms with Crippen LogP contribution in [0.15, 0.2) is 18.2 Å². The average Bonchev–Trinajstić information content (AvgIpc) is 2.04. The van der Waals surface area contributed by atoms with Crippen molar-refractivity contribution >= 4 is 9.84 Å². The van der Waals surface area contributed by atoms with E-state index in [1.807, 2.05) is 0 Å². The van der Waals surface area contributed by atoms with Gasteiger partial charge >= 0.3 is 6.18 Å². The minimum atomic E-state index is -4.63. The molecule has 0 bridgehead atoms. The van der Waals surface area contributed by atoms with Gasteiger partial charge in [0, 0.05) is 5.56 Å². The largest absolute Gasteiger partial charge is 0.416 e. The van der Waals surface area contributed by atoms with Crippen molar-refractivity contribution in [1.82, 2.24) is 0 Å². The van der Waals surface area contributed by atoms with Crippen LogP contribution < -0.4 is 0 Å². The van der Waals surface area contributed by atoms with Crippen molar-refractivity contribution in [3.05, 3.63) is 41.4 Å². The van der Waals surface area contributed by atoms with Gasteiger partial charge in [-0.1, -0.05) is 0 Å². The standard InChI is InChI=1S/C9H7F4O2S/c1-16(14,15)5-6-4-7(9(11,12)13)2-3-8(6)10/h2-4H,1,5H2. The number of hydrogen-bond acceptors (Lipinski definition) is 2. The van der Waals surface area contributed by atoms with E-state index in [4.69, 9.17) is 0 Å². The lowest BCUT2D eigenvalue weighted by atomic mass is 10.1. The molecule has 0 aliphatic rings.